The van der Waals surface area contributed by atoms with Gasteiger partial charge in [-0.05, 0) is 28.1 Å². The van der Waals surface area contributed by atoms with Crippen molar-refractivity contribution in [1.82, 2.24) is 5.32 Å². The van der Waals surface area contributed by atoms with E-state index in [1.807, 2.05) is 0 Å². The topological polar surface area (TPSA) is 24.1 Å². The molecule has 1 fully saturated rings. The van der Waals surface area contributed by atoms with Gasteiger partial charge in [0.1, 0.15) is 5.82 Å². The number of anilines is 1. The number of rotatable bonds is 2. The predicted molar refractivity (Wildman–Crippen MR) is 59.4 cm³/mol. The van der Waals surface area contributed by atoms with Crippen LogP contribution in [-0.4, -0.2) is 19.1 Å². The zero-order chi connectivity index (χ0) is 10.1. The molecule has 2 rings (SSSR count). The molecular formula is C9H9BrClFN2. The Morgan fingerprint density at radius 2 is 2.21 bits per heavy atom. The predicted octanol–water partition coefficient (Wildman–Crippen LogP) is 2.63. The lowest BCUT2D eigenvalue weighted by Crippen LogP contribution is -2.51. The van der Waals surface area contributed by atoms with Crippen molar-refractivity contribution in [1.29, 1.82) is 0 Å². The van der Waals surface area contributed by atoms with Gasteiger partial charge in [-0.25, -0.2) is 4.39 Å². The maximum absolute atomic E-state index is 12.9. The van der Waals surface area contributed by atoms with Gasteiger partial charge in [0.2, 0.25) is 0 Å². The minimum Gasteiger partial charge on any atom is -0.378 e. The molecule has 1 saturated heterocycles. The molecule has 0 amide bonds. The molecule has 5 heteroatoms. The number of benzene rings is 1. The Morgan fingerprint density at radius 3 is 2.71 bits per heavy atom. The normalized spacial score (nSPS) is 16.5. The van der Waals surface area contributed by atoms with E-state index in [1.165, 1.54) is 12.1 Å². The van der Waals surface area contributed by atoms with E-state index in [4.69, 9.17) is 11.6 Å². The summed E-state index contributed by atoms with van der Waals surface area (Å²) in [4.78, 5) is 0. The zero-order valence-electron chi connectivity index (χ0n) is 7.28. The first-order chi connectivity index (χ1) is 6.66. The van der Waals surface area contributed by atoms with Crippen LogP contribution in [0.2, 0.25) is 5.02 Å². The fourth-order valence-electron chi connectivity index (χ4n) is 1.27. The first-order valence-electron chi connectivity index (χ1n) is 4.28. The summed E-state index contributed by atoms with van der Waals surface area (Å²) < 4.78 is 13.5. The van der Waals surface area contributed by atoms with Gasteiger partial charge in [-0.3, -0.25) is 0 Å². The minimum absolute atomic E-state index is 0.334. The van der Waals surface area contributed by atoms with Gasteiger partial charge >= 0.3 is 0 Å². The molecule has 1 aromatic rings. The van der Waals surface area contributed by atoms with Crippen LogP contribution < -0.4 is 10.6 Å². The van der Waals surface area contributed by atoms with Crippen LogP contribution in [0.1, 0.15) is 0 Å². The summed E-state index contributed by atoms with van der Waals surface area (Å²) in [5, 5.41) is 6.78. The Kier molecular flexibility index (Phi) is 2.95. The molecule has 1 heterocycles. The fourth-order valence-corrected chi connectivity index (χ4v) is 2.20. The highest BCUT2D eigenvalue weighted by Crippen LogP contribution is 2.32. The van der Waals surface area contributed by atoms with E-state index in [-0.39, 0.29) is 5.82 Å². The zero-order valence-corrected chi connectivity index (χ0v) is 9.62. The molecule has 0 radical (unpaired) electrons. The van der Waals surface area contributed by atoms with Crippen LogP contribution in [0.4, 0.5) is 10.1 Å². The highest BCUT2D eigenvalue weighted by atomic mass is 79.9. The van der Waals surface area contributed by atoms with E-state index in [1.54, 1.807) is 0 Å². The van der Waals surface area contributed by atoms with Gasteiger partial charge in [-0.2, -0.15) is 0 Å². The number of hydrogen-bond acceptors (Lipinski definition) is 2. The highest BCUT2D eigenvalue weighted by Gasteiger charge is 2.18. The average Bonchev–Trinajstić information content (AvgIpc) is 1.98. The third-order valence-corrected chi connectivity index (χ3v) is 3.06. The number of hydrogen-bond donors (Lipinski definition) is 2. The second-order valence-corrected chi connectivity index (χ2v) is 4.51. The van der Waals surface area contributed by atoms with E-state index >= 15 is 0 Å². The molecule has 0 spiro atoms. The summed E-state index contributed by atoms with van der Waals surface area (Å²) in [7, 11) is 0. The lowest BCUT2D eigenvalue weighted by molar-refractivity contribution is 0.472. The molecule has 0 atom stereocenters. The van der Waals surface area contributed by atoms with Gasteiger partial charge in [0.05, 0.1) is 16.8 Å². The van der Waals surface area contributed by atoms with E-state index in [0.29, 0.717) is 15.5 Å². The van der Waals surface area contributed by atoms with Crippen LogP contribution in [0.5, 0.6) is 0 Å². The van der Waals surface area contributed by atoms with Gasteiger partial charge in [-0.1, -0.05) is 11.6 Å². The van der Waals surface area contributed by atoms with Crippen molar-refractivity contribution in [2.75, 3.05) is 18.4 Å². The van der Waals surface area contributed by atoms with E-state index in [9.17, 15) is 4.39 Å². The largest absolute Gasteiger partial charge is 0.378 e. The molecule has 0 bridgehead atoms. The second-order valence-electron chi connectivity index (χ2n) is 3.24. The number of halogens is 3. The van der Waals surface area contributed by atoms with Crippen molar-refractivity contribution in [2.24, 2.45) is 0 Å². The van der Waals surface area contributed by atoms with Crippen LogP contribution in [0, 0.1) is 5.82 Å². The molecule has 0 aromatic heterocycles. The number of nitrogens with one attached hydrogen (secondary N) is 2. The van der Waals surface area contributed by atoms with Gasteiger partial charge in [-0.15, -0.1) is 0 Å². The maximum Gasteiger partial charge on any atom is 0.125 e. The van der Waals surface area contributed by atoms with Gasteiger partial charge in [0.15, 0.2) is 0 Å². The molecule has 2 nitrogen and oxygen atoms in total. The summed E-state index contributed by atoms with van der Waals surface area (Å²) in [5.41, 5.74) is 0.763. The smallest absolute Gasteiger partial charge is 0.125 e. The Labute approximate surface area is 95.0 Å². The second kappa shape index (κ2) is 4.04. The van der Waals surface area contributed by atoms with Crippen molar-refractivity contribution in [2.45, 2.75) is 6.04 Å². The van der Waals surface area contributed by atoms with Crippen LogP contribution in [0.3, 0.4) is 0 Å². The fraction of sp³-hybridized carbons (Fsp3) is 0.333. The first-order valence-corrected chi connectivity index (χ1v) is 5.45. The van der Waals surface area contributed by atoms with Crippen LogP contribution in [0.25, 0.3) is 0 Å². The average molecular weight is 280 g/mol. The van der Waals surface area contributed by atoms with Gasteiger partial charge in [0, 0.05) is 17.6 Å². The van der Waals surface area contributed by atoms with E-state index in [0.717, 1.165) is 18.8 Å². The summed E-state index contributed by atoms with van der Waals surface area (Å²) in [6.07, 6.45) is 0. The Balaban J connectivity index is 2.22. The highest BCUT2D eigenvalue weighted by molar-refractivity contribution is 9.10. The van der Waals surface area contributed by atoms with Crippen LogP contribution >= 0.6 is 27.5 Å². The SMILES string of the molecule is Fc1cc(Cl)c(NC2CNC2)c(Br)c1. The Bertz CT molecular complexity index is 332. The van der Waals surface area contributed by atoms with Crippen LogP contribution in [0.15, 0.2) is 16.6 Å². The summed E-state index contributed by atoms with van der Waals surface area (Å²) in [5.74, 6) is -0.334. The molecule has 0 saturated carbocycles. The molecule has 1 aliphatic rings. The van der Waals surface area contributed by atoms with Gasteiger partial charge in [0.25, 0.3) is 0 Å². The Morgan fingerprint density at radius 1 is 1.50 bits per heavy atom. The lowest BCUT2D eigenvalue weighted by atomic mass is 10.1. The molecular weight excluding hydrogens is 270 g/mol. The molecule has 0 aliphatic carbocycles. The quantitative estimate of drug-likeness (QED) is 0.870. The molecule has 14 heavy (non-hydrogen) atoms. The van der Waals surface area contributed by atoms with Crippen molar-refractivity contribution in [3.05, 3.63) is 27.4 Å². The van der Waals surface area contributed by atoms with E-state index < -0.39 is 0 Å². The summed E-state index contributed by atoms with van der Waals surface area (Å²) in [6, 6.07) is 3.09. The molecule has 1 aliphatic heterocycles. The van der Waals surface area contributed by atoms with Crippen LogP contribution in [-0.2, 0) is 0 Å². The van der Waals surface area contributed by atoms with Crippen molar-refractivity contribution < 1.29 is 4.39 Å². The van der Waals surface area contributed by atoms with Crippen molar-refractivity contribution in [3.63, 3.8) is 0 Å². The minimum atomic E-state index is -0.334. The lowest BCUT2D eigenvalue weighted by Gasteiger charge is -2.29. The van der Waals surface area contributed by atoms with Crippen molar-refractivity contribution in [3.8, 4) is 0 Å². The molecule has 76 valence electrons. The third-order valence-electron chi connectivity index (χ3n) is 2.14. The first kappa shape index (κ1) is 10.2. The van der Waals surface area contributed by atoms with Crippen molar-refractivity contribution >= 4 is 33.2 Å². The maximum atomic E-state index is 12.9. The van der Waals surface area contributed by atoms with Gasteiger partial charge < -0.3 is 10.6 Å². The Hall–Kier alpha value is -0.320. The molecule has 1 aromatic carbocycles. The molecule has 2 N–H and O–H groups in total. The van der Waals surface area contributed by atoms with E-state index in [2.05, 4.69) is 26.6 Å². The third kappa shape index (κ3) is 2.02. The standard InChI is InChI=1S/C9H9BrClFN2/c10-7-1-5(12)2-8(11)9(7)14-6-3-13-4-6/h1-2,6,13-14H,3-4H2. The summed E-state index contributed by atoms with van der Waals surface area (Å²) in [6.45, 7) is 1.83. The monoisotopic (exact) mass is 278 g/mol. The molecule has 0 unspecified atom stereocenters. The summed E-state index contributed by atoms with van der Waals surface area (Å²) >= 11 is 9.18.